The van der Waals surface area contributed by atoms with Crippen LogP contribution in [0.3, 0.4) is 0 Å². The Morgan fingerprint density at radius 2 is 1.85 bits per heavy atom. The van der Waals surface area contributed by atoms with Crippen molar-refractivity contribution in [1.82, 2.24) is 0 Å². The highest BCUT2D eigenvalue weighted by atomic mass is 16.6. The summed E-state index contributed by atoms with van der Waals surface area (Å²) in [6.45, 7) is 16.2. The van der Waals surface area contributed by atoms with Crippen molar-refractivity contribution in [1.29, 1.82) is 0 Å². The minimum Gasteiger partial charge on any atom is -0.490 e. The van der Waals surface area contributed by atoms with E-state index in [2.05, 4.69) is 39.8 Å². The van der Waals surface area contributed by atoms with Crippen molar-refractivity contribution >= 4 is 5.97 Å². The maximum atomic E-state index is 13.4. The van der Waals surface area contributed by atoms with Crippen molar-refractivity contribution in [2.24, 2.45) is 17.8 Å². The summed E-state index contributed by atoms with van der Waals surface area (Å²) >= 11 is 0. The van der Waals surface area contributed by atoms with E-state index in [4.69, 9.17) is 18.9 Å². The number of cyclic esters (lactones) is 1. The quantitative estimate of drug-likeness (QED) is 0.352. The molecule has 2 heterocycles. The van der Waals surface area contributed by atoms with Crippen LogP contribution in [0.1, 0.15) is 68.2 Å². The van der Waals surface area contributed by atoms with Crippen LogP contribution in [-0.4, -0.2) is 49.7 Å². The van der Waals surface area contributed by atoms with Crippen LogP contribution in [0.15, 0.2) is 82.4 Å². The predicted molar refractivity (Wildman–Crippen MR) is 161 cm³/mol. The highest BCUT2D eigenvalue weighted by Crippen LogP contribution is 2.28. The molecule has 40 heavy (non-hydrogen) atoms. The van der Waals surface area contributed by atoms with Gasteiger partial charge in [-0.3, -0.25) is 0 Å². The Morgan fingerprint density at radius 3 is 2.48 bits per heavy atom. The van der Waals surface area contributed by atoms with E-state index in [0.29, 0.717) is 0 Å². The molecular weight excluding hydrogens is 504 g/mol. The van der Waals surface area contributed by atoms with E-state index in [1.165, 1.54) is 12.7 Å². The van der Waals surface area contributed by atoms with Crippen LogP contribution in [0, 0.1) is 17.8 Å². The molecule has 2 rings (SSSR count). The molecule has 0 aliphatic carbocycles. The van der Waals surface area contributed by atoms with Crippen molar-refractivity contribution < 1.29 is 28.8 Å². The van der Waals surface area contributed by atoms with E-state index < -0.39 is 24.3 Å². The number of hydrogen-bond acceptors (Lipinski definition) is 6. The van der Waals surface area contributed by atoms with E-state index in [0.717, 1.165) is 35.3 Å². The third kappa shape index (κ3) is 9.38. The molecule has 0 radical (unpaired) electrons. The average Bonchev–Trinajstić information content (AvgIpc) is 2.91. The highest BCUT2D eigenvalue weighted by molar-refractivity contribution is 5.87. The van der Waals surface area contributed by atoms with E-state index in [1.807, 2.05) is 58.1 Å². The van der Waals surface area contributed by atoms with E-state index in [9.17, 15) is 9.90 Å². The van der Waals surface area contributed by atoms with Gasteiger partial charge >= 0.3 is 5.97 Å². The van der Waals surface area contributed by atoms with Crippen molar-refractivity contribution in [3.05, 3.63) is 82.4 Å². The lowest BCUT2D eigenvalue weighted by Crippen LogP contribution is -2.37. The topological polar surface area (TPSA) is 74.2 Å². The molecule has 0 amide bonds. The monoisotopic (exact) mass is 554 g/mol. The molecule has 1 N–H and O–H groups in total. The Bertz CT molecular complexity index is 1090. The second-order valence-electron chi connectivity index (χ2n) is 11.3. The largest absolute Gasteiger partial charge is 0.490 e. The molecule has 0 spiro atoms. The van der Waals surface area contributed by atoms with Gasteiger partial charge in [-0.05, 0) is 69.8 Å². The summed E-state index contributed by atoms with van der Waals surface area (Å²) in [5.41, 5.74) is 4.13. The van der Waals surface area contributed by atoms with Gasteiger partial charge < -0.3 is 24.1 Å². The first kappa shape index (κ1) is 33.4. The third-order valence-electron chi connectivity index (χ3n) is 7.66. The van der Waals surface area contributed by atoms with E-state index in [1.54, 1.807) is 13.2 Å². The molecule has 0 aromatic rings. The van der Waals surface area contributed by atoms with Gasteiger partial charge in [0, 0.05) is 18.9 Å². The first-order valence-corrected chi connectivity index (χ1v) is 14.4. The molecule has 7 atom stereocenters. The van der Waals surface area contributed by atoms with Crippen LogP contribution in [0.4, 0.5) is 0 Å². The zero-order valence-electron chi connectivity index (χ0n) is 26.1. The summed E-state index contributed by atoms with van der Waals surface area (Å²) in [5, 5.41) is 10.9. The Kier molecular flexibility index (Phi) is 13.2. The zero-order valence-corrected chi connectivity index (χ0v) is 26.1. The number of aliphatic hydroxyl groups excluding tert-OH is 1. The van der Waals surface area contributed by atoms with Gasteiger partial charge in [0.1, 0.15) is 24.1 Å². The van der Waals surface area contributed by atoms with Gasteiger partial charge in [-0.2, -0.15) is 0 Å². The minimum absolute atomic E-state index is 0.0565. The van der Waals surface area contributed by atoms with Crippen LogP contribution < -0.4 is 0 Å². The Labute approximate surface area is 241 Å². The lowest BCUT2D eigenvalue weighted by molar-refractivity contribution is -0.155. The summed E-state index contributed by atoms with van der Waals surface area (Å²) in [7, 11) is 3.06. The number of carbonyl (C=O) groups excluding carboxylic acids is 1. The molecule has 0 saturated heterocycles. The number of methoxy groups -OCH3 is 2. The summed E-state index contributed by atoms with van der Waals surface area (Å²) in [4.78, 5) is 13.4. The lowest BCUT2D eigenvalue weighted by Gasteiger charge is -2.29. The van der Waals surface area contributed by atoms with E-state index in [-0.39, 0.29) is 29.6 Å². The normalized spacial score (nSPS) is 30.1. The van der Waals surface area contributed by atoms with Crippen LogP contribution in [-0.2, 0) is 23.7 Å². The smallest absolute Gasteiger partial charge is 0.373 e. The number of allylic oxidation sites excluding steroid dienone is 8. The fourth-order valence-corrected chi connectivity index (χ4v) is 5.29. The standard InChI is InChI=1S/C34H50O6/c1-11-28-23(4)15-16-29(39-28)24(5)20-27(8)33-30(37-9)14-12-13-21(2)17-25(6)32(35)26(7)18-22(3)19-31(38-10)34(36)40-33/h12-16,18-20,25-28,30,32-33,35H,11,17H2,1-10H3/b14-12?,21-13?,22-18?,24-20+,31-19?/t25-,26+,27-,28+,30-,32-,33+/m0/s1. The summed E-state index contributed by atoms with van der Waals surface area (Å²) in [6, 6.07) is 0. The molecule has 0 bridgehead atoms. The van der Waals surface area contributed by atoms with E-state index >= 15 is 0 Å². The van der Waals surface area contributed by atoms with Gasteiger partial charge in [-0.1, -0.05) is 75.3 Å². The van der Waals surface area contributed by atoms with Gasteiger partial charge in [-0.25, -0.2) is 4.79 Å². The molecule has 0 saturated carbocycles. The summed E-state index contributed by atoms with van der Waals surface area (Å²) < 4.78 is 23.6. The number of ether oxygens (including phenoxy) is 4. The average molecular weight is 555 g/mol. The fraction of sp³-hybridized carbons (Fsp3) is 0.559. The Hall–Kier alpha value is -2.83. The van der Waals surface area contributed by atoms with Gasteiger partial charge in [0.15, 0.2) is 0 Å². The van der Waals surface area contributed by atoms with Crippen LogP contribution in [0.25, 0.3) is 0 Å². The lowest BCUT2D eigenvalue weighted by atomic mass is 9.87. The maximum Gasteiger partial charge on any atom is 0.373 e. The highest BCUT2D eigenvalue weighted by Gasteiger charge is 2.31. The van der Waals surface area contributed by atoms with Crippen LogP contribution >= 0.6 is 0 Å². The molecule has 6 nitrogen and oxygen atoms in total. The van der Waals surface area contributed by atoms with Crippen molar-refractivity contribution in [2.45, 2.75) is 92.6 Å². The number of hydrogen-bond donors (Lipinski definition) is 1. The van der Waals surface area contributed by atoms with Gasteiger partial charge in [-0.15, -0.1) is 0 Å². The SMILES string of the molecule is CC[C@H]1OC(/C(C)=C/[C@H](C)[C@H]2OC(=O)C(OC)=CC(C)=C[C@@H](C)[C@@H](O)[C@@H](C)CC(C)=CC=C[C@@H]2OC)=CC=C1C. The van der Waals surface area contributed by atoms with Crippen molar-refractivity contribution in [3.8, 4) is 0 Å². The molecule has 2 aliphatic rings. The maximum absolute atomic E-state index is 13.4. The van der Waals surface area contributed by atoms with Crippen molar-refractivity contribution in [2.75, 3.05) is 14.2 Å². The summed E-state index contributed by atoms with van der Waals surface area (Å²) in [5.74, 6) is 0.0885. The molecule has 0 aromatic carbocycles. The fourth-order valence-electron chi connectivity index (χ4n) is 5.29. The Morgan fingerprint density at radius 1 is 1.15 bits per heavy atom. The molecule has 6 heteroatoms. The summed E-state index contributed by atoms with van der Waals surface area (Å²) in [6.07, 6.45) is 15.7. The number of carbonyl (C=O) groups is 1. The van der Waals surface area contributed by atoms with Gasteiger partial charge in [0.05, 0.1) is 13.2 Å². The van der Waals surface area contributed by atoms with Crippen LogP contribution in [0.2, 0.25) is 0 Å². The zero-order chi connectivity index (χ0) is 30.0. The molecular formula is C34H50O6. The molecule has 0 unspecified atom stereocenters. The first-order chi connectivity index (χ1) is 18.9. The molecule has 2 aliphatic heterocycles. The predicted octanol–water partition coefficient (Wildman–Crippen LogP) is 7.15. The second-order valence-corrected chi connectivity index (χ2v) is 11.3. The van der Waals surface area contributed by atoms with Gasteiger partial charge in [0.2, 0.25) is 5.76 Å². The van der Waals surface area contributed by atoms with Gasteiger partial charge in [0.25, 0.3) is 0 Å². The molecule has 222 valence electrons. The minimum atomic E-state index is -0.628. The first-order valence-electron chi connectivity index (χ1n) is 14.4. The molecule has 0 aromatic heterocycles. The van der Waals surface area contributed by atoms with Crippen molar-refractivity contribution in [3.63, 3.8) is 0 Å². The third-order valence-corrected chi connectivity index (χ3v) is 7.66. The number of rotatable bonds is 6. The Balaban J connectivity index is 2.51. The number of aliphatic hydroxyl groups is 1. The second kappa shape index (κ2) is 15.8. The molecule has 0 fully saturated rings. The van der Waals surface area contributed by atoms with Crippen LogP contribution in [0.5, 0.6) is 0 Å². The number of esters is 1.